The van der Waals surface area contributed by atoms with Crippen molar-refractivity contribution in [3.8, 4) is 0 Å². The number of aryl methyl sites for hydroxylation is 1. The van der Waals surface area contributed by atoms with E-state index in [2.05, 4.69) is 0 Å². The lowest BCUT2D eigenvalue weighted by atomic mass is 10.0. The summed E-state index contributed by atoms with van der Waals surface area (Å²) in [5.41, 5.74) is 1.19. The molecule has 0 saturated carbocycles. The molecule has 3 aromatic carbocycles. The van der Waals surface area contributed by atoms with Crippen LogP contribution in [0.2, 0.25) is 5.02 Å². The van der Waals surface area contributed by atoms with Crippen LogP contribution in [-0.2, 0) is 20.6 Å². The van der Waals surface area contributed by atoms with Crippen molar-refractivity contribution in [2.24, 2.45) is 0 Å². The van der Waals surface area contributed by atoms with Gasteiger partial charge in [0.2, 0.25) is 10.8 Å². The van der Waals surface area contributed by atoms with Crippen LogP contribution in [0.15, 0.2) is 60.7 Å². The van der Waals surface area contributed by atoms with Gasteiger partial charge in [-0.3, -0.25) is 34.4 Å². The maximum atomic E-state index is 14.3. The highest BCUT2D eigenvalue weighted by Crippen LogP contribution is 2.56. The fourth-order valence-corrected chi connectivity index (χ4v) is 7.39. The molecule has 3 heterocycles. The number of nitrogens with zero attached hydrogens (tertiary/aromatic N) is 5. The molecule has 1 spiro atoms. The molecule has 0 radical (unpaired) electrons. The van der Waals surface area contributed by atoms with E-state index in [1.807, 2.05) is 42.2 Å². The van der Waals surface area contributed by atoms with Crippen molar-refractivity contribution < 1.29 is 27.7 Å². The van der Waals surface area contributed by atoms with Gasteiger partial charge in [-0.15, -0.1) is 11.8 Å². The number of thioether (sulfide) groups is 1. The Morgan fingerprint density at radius 2 is 1.72 bits per heavy atom. The SMILES string of the molecule is Cc1ccc(N2C(=O)CSC23C(=O)N(CN2CCN(c4ccc(C(F)(F)F)cc4[N+](=O)[O-])CC2)c2ccccc23)cc1Cl. The fraction of sp³-hybridized carbons (Fsp3) is 0.310. The average molecular weight is 632 g/mol. The topological polar surface area (TPSA) is 90.2 Å². The fourth-order valence-electron chi connectivity index (χ4n) is 5.86. The number of nitro benzene ring substituents is 1. The summed E-state index contributed by atoms with van der Waals surface area (Å²) in [5.74, 6) is -0.354. The summed E-state index contributed by atoms with van der Waals surface area (Å²) in [6.45, 7) is 3.49. The Kier molecular flexibility index (Phi) is 7.30. The monoisotopic (exact) mass is 631 g/mol. The molecular weight excluding hydrogens is 607 g/mol. The third-order valence-corrected chi connectivity index (χ3v) is 9.82. The molecule has 224 valence electrons. The van der Waals surface area contributed by atoms with Crippen molar-refractivity contribution in [2.45, 2.75) is 18.0 Å². The number of nitro groups is 1. The van der Waals surface area contributed by atoms with Gasteiger partial charge in [-0.25, -0.2) is 0 Å². The largest absolute Gasteiger partial charge is 0.416 e. The van der Waals surface area contributed by atoms with Gasteiger partial charge in [-0.1, -0.05) is 35.9 Å². The highest BCUT2D eigenvalue weighted by molar-refractivity contribution is 8.02. The van der Waals surface area contributed by atoms with Crippen LogP contribution in [0.5, 0.6) is 0 Å². The van der Waals surface area contributed by atoms with Crippen LogP contribution in [0.25, 0.3) is 0 Å². The van der Waals surface area contributed by atoms with Crippen molar-refractivity contribution in [3.05, 3.63) is 92.5 Å². The molecule has 3 aliphatic rings. The lowest BCUT2D eigenvalue weighted by Gasteiger charge is -2.38. The smallest absolute Gasteiger partial charge is 0.363 e. The molecule has 3 aromatic rings. The number of para-hydroxylation sites is 1. The summed E-state index contributed by atoms with van der Waals surface area (Å²) >= 11 is 7.67. The number of alkyl halides is 3. The molecule has 2 fully saturated rings. The highest BCUT2D eigenvalue weighted by atomic mass is 35.5. The minimum atomic E-state index is -4.69. The summed E-state index contributed by atoms with van der Waals surface area (Å²) in [6, 6.07) is 15.2. The van der Waals surface area contributed by atoms with Gasteiger partial charge in [0, 0.05) is 48.5 Å². The maximum absolute atomic E-state index is 14.3. The molecule has 0 aliphatic carbocycles. The molecule has 1 atom stereocenters. The van der Waals surface area contributed by atoms with Gasteiger partial charge >= 0.3 is 6.18 Å². The van der Waals surface area contributed by atoms with Crippen LogP contribution in [-0.4, -0.2) is 60.2 Å². The molecule has 0 N–H and O–H groups in total. The lowest BCUT2D eigenvalue weighted by molar-refractivity contribution is -0.384. The summed E-state index contributed by atoms with van der Waals surface area (Å²) in [7, 11) is 0. The number of halogens is 4. The van der Waals surface area contributed by atoms with Crippen LogP contribution in [0.1, 0.15) is 16.7 Å². The predicted molar refractivity (Wildman–Crippen MR) is 158 cm³/mol. The Labute approximate surface area is 253 Å². The molecule has 9 nitrogen and oxygen atoms in total. The van der Waals surface area contributed by atoms with Gasteiger partial charge in [-0.05, 0) is 42.8 Å². The van der Waals surface area contributed by atoms with E-state index in [0.29, 0.717) is 54.2 Å². The zero-order valence-corrected chi connectivity index (χ0v) is 24.4. The van der Waals surface area contributed by atoms with E-state index in [1.54, 1.807) is 21.9 Å². The second-order valence-electron chi connectivity index (χ2n) is 10.6. The van der Waals surface area contributed by atoms with Gasteiger partial charge < -0.3 is 4.90 Å². The Morgan fingerprint density at radius 3 is 2.40 bits per heavy atom. The Bertz CT molecular complexity index is 1650. The number of amides is 2. The molecule has 43 heavy (non-hydrogen) atoms. The third kappa shape index (κ3) is 4.88. The van der Waals surface area contributed by atoms with E-state index in [9.17, 15) is 32.9 Å². The van der Waals surface area contributed by atoms with E-state index in [0.717, 1.165) is 17.7 Å². The van der Waals surface area contributed by atoms with Gasteiger partial charge in [0.1, 0.15) is 5.69 Å². The van der Waals surface area contributed by atoms with Crippen LogP contribution < -0.4 is 14.7 Å². The Hall–Kier alpha value is -3.81. The summed E-state index contributed by atoms with van der Waals surface area (Å²) < 4.78 is 39.5. The number of benzene rings is 3. The number of rotatable bonds is 5. The first-order chi connectivity index (χ1) is 20.4. The number of carbonyl (C=O) groups excluding carboxylic acids is 2. The van der Waals surface area contributed by atoms with E-state index >= 15 is 0 Å². The molecular formula is C29H25ClF3N5O4S. The number of carbonyl (C=O) groups is 2. The molecule has 2 amide bonds. The second kappa shape index (κ2) is 10.7. The van der Waals surface area contributed by atoms with Gasteiger partial charge in [0.15, 0.2) is 0 Å². The van der Waals surface area contributed by atoms with E-state index in [1.165, 1.54) is 16.7 Å². The van der Waals surface area contributed by atoms with Crippen molar-refractivity contribution in [3.63, 3.8) is 0 Å². The average Bonchev–Trinajstić information content (AvgIpc) is 3.44. The number of hydrogen-bond acceptors (Lipinski definition) is 7. The minimum absolute atomic E-state index is 0.115. The molecule has 0 bridgehead atoms. The first-order valence-corrected chi connectivity index (χ1v) is 14.8. The van der Waals surface area contributed by atoms with Crippen molar-refractivity contribution in [2.75, 3.05) is 53.3 Å². The standard InChI is InChI=1S/C29H25ClF3N5O4S/c1-18-6-8-20(15-22(18)30)37-26(39)16-43-28(37)21-4-2-3-5-23(21)36(27(28)40)17-34-10-12-35(13-11-34)24-9-7-19(29(31,32)33)14-25(24)38(41)42/h2-9,14-15H,10-13,16-17H2,1H3. The van der Waals surface area contributed by atoms with Crippen LogP contribution in [0.4, 0.5) is 35.9 Å². The summed E-state index contributed by atoms with van der Waals surface area (Å²) in [5, 5.41) is 12.1. The zero-order chi connectivity index (χ0) is 30.7. The van der Waals surface area contributed by atoms with Crippen LogP contribution in [0.3, 0.4) is 0 Å². The van der Waals surface area contributed by atoms with Gasteiger partial charge in [-0.2, -0.15) is 13.2 Å². The Morgan fingerprint density at radius 1 is 1.00 bits per heavy atom. The lowest BCUT2D eigenvalue weighted by Crippen LogP contribution is -2.54. The van der Waals surface area contributed by atoms with Crippen molar-refractivity contribution in [1.29, 1.82) is 0 Å². The van der Waals surface area contributed by atoms with Gasteiger partial charge in [0.05, 0.1) is 28.6 Å². The quantitative estimate of drug-likeness (QED) is 0.266. The molecule has 3 aliphatic heterocycles. The summed E-state index contributed by atoms with van der Waals surface area (Å²) in [6.07, 6.45) is -4.69. The zero-order valence-electron chi connectivity index (χ0n) is 22.8. The van der Waals surface area contributed by atoms with Crippen molar-refractivity contribution in [1.82, 2.24) is 4.90 Å². The molecule has 1 unspecified atom stereocenters. The number of hydrogen-bond donors (Lipinski definition) is 0. The van der Waals surface area contributed by atoms with Crippen LogP contribution >= 0.6 is 23.4 Å². The van der Waals surface area contributed by atoms with E-state index in [-0.39, 0.29) is 29.9 Å². The van der Waals surface area contributed by atoms with E-state index < -0.39 is 27.2 Å². The molecule has 2 saturated heterocycles. The van der Waals surface area contributed by atoms with Crippen molar-refractivity contribution >= 4 is 57.9 Å². The minimum Gasteiger partial charge on any atom is -0.363 e. The predicted octanol–water partition coefficient (Wildman–Crippen LogP) is 5.63. The number of fused-ring (bicyclic) bond motifs is 2. The highest BCUT2D eigenvalue weighted by Gasteiger charge is 2.61. The van der Waals surface area contributed by atoms with Crippen LogP contribution in [0, 0.1) is 17.0 Å². The second-order valence-corrected chi connectivity index (χ2v) is 12.1. The van der Waals surface area contributed by atoms with Gasteiger partial charge in [0.25, 0.3) is 11.6 Å². The third-order valence-electron chi connectivity index (χ3n) is 8.03. The molecule has 6 rings (SSSR count). The number of anilines is 3. The first-order valence-electron chi connectivity index (χ1n) is 13.4. The Balaban J connectivity index is 1.24. The molecule has 0 aromatic heterocycles. The van der Waals surface area contributed by atoms with E-state index in [4.69, 9.17) is 11.6 Å². The normalized spacial score (nSPS) is 20.8. The molecule has 14 heteroatoms. The summed E-state index contributed by atoms with van der Waals surface area (Å²) in [4.78, 5) is 44.0. The number of piperazine rings is 1. The first kappa shape index (κ1) is 29.3. The maximum Gasteiger partial charge on any atom is 0.416 e.